The summed E-state index contributed by atoms with van der Waals surface area (Å²) < 4.78 is 7.03. The van der Waals surface area contributed by atoms with Gasteiger partial charge >= 0.3 is 0 Å². The van der Waals surface area contributed by atoms with Crippen LogP contribution < -0.4 is 4.74 Å². The van der Waals surface area contributed by atoms with Crippen LogP contribution in [-0.2, 0) is 11.2 Å². The summed E-state index contributed by atoms with van der Waals surface area (Å²) >= 11 is 1.53. The molecule has 0 radical (unpaired) electrons. The molecule has 0 saturated carbocycles. The highest BCUT2D eigenvalue weighted by molar-refractivity contribution is 7.20. The molecule has 7 heteroatoms. The molecule has 2 bridgehead atoms. The van der Waals surface area contributed by atoms with Crippen LogP contribution in [0, 0.1) is 6.92 Å². The van der Waals surface area contributed by atoms with Crippen molar-refractivity contribution in [2.75, 3.05) is 19.6 Å². The standard InChI is InChI=1S/C23H26N4O2S/c1-15-9-11-24-22-21(15)30-23(25-22)29-20-7-3-17(4-8-20)10-12-26-13-18-5-6-19(14-26)27(18)16(2)28/h3-4,7-9,11,18-19H,5-6,10,12-14H2,1-2H3. The Kier molecular flexibility index (Phi) is 5.16. The molecule has 3 aromatic rings. The van der Waals surface area contributed by atoms with Crippen LogP contribution in [0.15, 0.2) is 36.5 Å². The molecule has 2 aliphatic rings. The molecule has 0 aliphatic carbocycles. The minimum Gasteiger partial charge on any atom is -0.431 e. The van der Waals surface area contributed by atoms with Crippen LogP contribution in [-0.4, -0.2) is 57.4 Å². The van der Waals surface area contributed by atoms with Gasteiger partial charge in [-0.2, -0.15) is 4.98 Å². The molecule has 0 N–H and O–H groups in total. The van der Waals surface area contributed by atoms with Gasteiger partial charge in [-0.05, 0) is 55.5 Å². The van der Waals surface area contributed by atoms with Gasteiger partial charge in [-0.3, -0.25) is 9.69 Å². The largest absolute Gasteiger partial charge is 0.431 e. The molecule has 2 fully saturated rings. The van der Waals surface area contributed by atoms with Gasteiger partial charge in [0, 0.05) is 44.8 Å². The summed E-state index contributed by atoms with van der Waals surface area (Å²) in [5.41, 5.74) is 3.20. The van der Waals surface area contributed by atoms with Gasteiger partial charge in [-0.15, -0.1) is 0 Å². The third kappa shape index (κ3) is 3.79. The number of amides is 1. The van der Waals surface area contributed by atoms with Crippen LogP contribution >= 0.6 is 11.3 Å². The highest BCUT2D eigenvalue weighted by Crippen LogP contribution is 2.32. The summed E-state index contributed by atoms with van der Waals surface area (Å²) in [5, 5.41) is 0.623. The lowest BCUT2D eigenvalue weighted by Crippen LogP contribution is -2.55. The van der Waals surface area contributed by atoms with Crippen molar-refractivity contribution in [2.24, 2.45) is 0 Å². The summed E-state index contributed by atoms with van der Waals surface area (Å²) in [4.78, 5) is 25.3. The molecule has 0 spiro atoms. The molecule has 2 unspecified atom stereocenters. The molecule has 156 valence electrons. The van der Waals surface area contributed by atoms with Gasteiger partial charge in [0.15, 0.2) is 5.65 Å². The predicted molar refractivity (Wildman–Crippen MR) is 118 cm³/mol. The Morgan fingerprint density at radius 2 is 1.90 bits per heavy atom. The van der Waals surface area contributed by atoms with E-state index in [4.69, 9.17) is 4.74 Å². The van der Waals surface area contributed by atoms with Gasteiger partial charge in [0.2, 0.25) is 5.91 Å². The van der Waals surface area contributed by atoms with Gasteiger partial charge in [0.25, 0.3) is 5.19 Å². The number of carbonyl (C=O) groups is 1. The first kappa shape index (κ1) is 19.5. The van der Waals surface area contributed by atoms with Crippen molar-refractivity contribution in [3.05, 3.63) is 47.7 Å². The summed E-state index contributed by atoms with van der Waals surface area (Å²) in [6.07, 6.45) is 5.08. The zero-order valence-corrected chi connectivity index (χ0v) is 18.2. The number of fused-ring (bicyclic) bond motifs is 3. The van der Waals surface area contributed by atoms with E-state index in [1.165, 1.54) is 22.5 Å². The lowest BCUT2D eigenvalue weighted by molar-refractivity contribution is -0.134. The van der Waals surface area contributed by atoms with Gasteiger partial charge in [-0.25, -0.2) is 4.98 Å². The smallest absolute Gasteiger partial charge is 0.281 e. The van der Waals surface area contributed by atoms with E-state index in [2.05, 4.69) is 38.8 Å². The minimum absolute atomic E-state index is 0.233. The van der Waals surface area contributed by atoms with Crippen molar-refractivity contribution in [2.45, 2.75) is 45.2 Å². The number of rotatable bonds is 5. The number of thiazole rings is 1. The molecular weight excluding hydrogens is 396 g/mol. The fourth-order valence-corrected chi connectivity index (χ4v) is 5.64. The number of likely N-dealkylation sites (tertiary alicyclic amines) is 1. The lowest BCUT2D eigenvalue weighted by Gasteiger charge is -2.40. The predicted octanol–water partition coefficient (Wildman–Crippen LogP) is 4.03. The fraction of sp³-hybridized carbons (Fsp3) is 0.435. The van der Waals surface area contributed by atoms with Crippen molar-refractivity contribution in [1.82, 2.24) is 19.8 Å². The van der Waals surface area contributed by atoms with E-state index in [1.807, 2.05) is 18.2 Å². The maximum absolute atomic E-state index is 11.9. The number of hydrogen-bond donors (Lipinski definition) is 0. The quantitative estimate of drug-likeness (QED) is 0.621. The third-order valence-corrected chi connectivity index (χ3v) is 7.29. The zero-order valence-electron chi connectivity index (χ0n) is 17.4. The van der Waals surface area contributed by atoms with Crippen LogP contribution in [0.25, 0.3) is 10.3 Å². The highest BCUT2D eigenvalue weighted by Gasteiger charge is 2.40. The molecule has 2 aromatic heterocycles. The monoisotopic (exact) mass is 422 g/mol. The van der Waals surface area contributed by atoms with E-state index in [1.54, 1.807) is 13.1 Å². The van der Waals surface area contributed by atoms with Gasteiger partial charge < -0.3 is 9.64 Å². The second-order valence-corrected chi connectivity index (χ2v) is 9.29. The molecule has 4 heterocycles. The SMILES string of the molecule is CC(=O)N1C2CCC1CN(CCc1ccc(Oc3nc4nccc(C)c4s3)cc1)C2. The first-order valence-corrected chi connectivity index (χ1v) is 11.4. The number of pyridine rings is 1. The second kappa shape index (κ2) is 7.96. The van der Waals surface area contributed by atoms with Gasteiger partial charge in [0.05, 0.1) is 4.70 Å². The molecule has 1 aromatic carbocycles. The molecule has 1 amide bonds. The molecule has 5 rings (SSSR count). The van der Waals surface area contributed by atoms with Crippen molar-refractivity contribution in [3.8, 4) is 10.9 Å². The number of aryl methyl sites for hydroxylation is 1. The zero-order chi connectivity index (χ0) is 20.7. The van der Waals surface area contributed by atoms with E-state index < -0.39 is 0 Å². The Balaban J connectivity index is 1.18. The Hall–Kier alpha value is -2.51. The number of aromatic nitrogens is 2. The van der Waals surface area contributed by atoms with E-state index in [-0.39, 0.29) is 5.91 Å². The Morgan fingerprint density at radius 3 is 2.57 bits per heavy atom. The second-order valence-electron chi connectivity index (χ2n) is 8.33. The maximum atomic E-state index is 11.9. The first-order chi connectivity index (χ1) is 14.6. The minimum atomic E-state index is 0.233. The molecule has 6 nitrogen and oxygen atoms in total. The van der Waals surface area contributed by atoms with Crippen LogP contribution in [0.1, 0.15) is 30.9 Å². The van der Waals surface area contributed by atoms with Crippen LogP contribution in [0.2, 0.25) is 0 Å². The van der Waals surface area contributed by atoms with Crippen LogP contribution in [0.3, 0.4) is 0 Å². The summed E-state index contributed by atoms with van der Waals surface area (Å²) in [6, 6.07) is 11.1. The summed E-state index contributed by atoms with van der Waals surface area (Å²) in [7, 11) is 0. The van der Waals surface area contributed by atoms with Gasteiger partial charge in [-0.1, -0.05) is 23.5 Å². The molecule has 2 aliphatic heterocycles. The maximum Gasteiger partial charge on any atom is 0.281 e. The molecule has 30 heavy (non-hydrogen) atoms. The number of piperazine rings is 1. The van der Waals surface area contributed by atoms with Crippen molar-refractivity contribution < 1.29 is 9.53 Å². The van der Waals surface area contributed by atoms with Crippen molar-refractivity contribution in [3.63, 3.8) is 0 Å². The van der Waals surface area contributed by atoms with E-state index >= 15 is 0 Å². The Bertz CT molecular complexity index is 1050. The van der Waals surface area contributed by atoms with Crippen LogP contribution in [0.5, 0.6) is 10.9 Å². The summed E-state index contributed by atoms with van der Waals surface area (Å²) in [6.45, 7) is 6.80. The third-order valence-electron chi connectivity index (χ3n) is 6.24. The normalized spacial score (nSPS) is 21.3. The van der Waals surface area contributed by atoms with E-state index in [9.17, 15) is 4.79 Å². The van der Waals surface area contributed by atoms with E-state index in [0.29, 0.717) is 17.3 Å². The number of ether oxygens (including phenoxy) is 1. The lowest BCUT2D eigenvalue weighted by atomic mass is 10.1. The number of carbonyl (C=O) groups excluding carboxylic acids is 1. The average Bonchev–Trinajstić information content (AvgIpc) is 3.26. The van der Waals surface area contributed by atoms with E-state index in [0.717, 1.165) is 55.0 Å². The topological polar surface area (TPSA) is 58.6 Å². The molecular formula is C23H26N4O2S. The number of hydrogen-bond acceptors (Lipinski definition) is 6. The van der Waals surface area contributed by atoms with Crippen molar-refractivity contribution in [1.29, 1.82) is 0 Å². The first-order valence-electron chi connectivity index (χ1n) is 10.6. The molecule has 2 saturated heterocycles. The Labute approximate surface area is 180 Å². The van der Waals surface area contributed by atoms with Crippen molar-refractivity contribution >= 4 is 27.6 Å². The average molecular weight is 423 g/mol. The van der Waals surface area contributed by atoms with Gasteiger partial charge in [0.1, 0.15) is 5.75 Å². The Morgan fingerprint density at radius 1 is 1.17 bits per heavy atom. The highest BCUT2D eigenvalue weighted by atomic mass is 32.1. The van der Waals surface area contributed by atoms with Crippen LogP contribution in [0.4, 0.5) is 0 Å². The fourth-order valence-electron chi connectivity index (χ4n) is 4.78. The summed E-state index contributed by atoms with van der Waals surface area (Å²) in [5.74, 6) is 1.03. The molecule has 2 atom stereocenters. The number of benzene rings is 1. The number of nitrogens with zero attached hydrogens (tertiary/aromatic N) is 4.